The summed E-state index contributed by atoms with van der Waals surface area (Å²) in [6.07, 6.45) is 0. The molecule has 2 N–H and O–H groups in total. The highest BCUT2D eigenvalue weighted by Crippen LogP contribution is 2.24. The molecule has 1 rings (SSSR count). The van der Waals surface area contributed by atoms with E-state index in [1.807, 2.05) is 13.0 Å². The van der Waals surface area contributed by atoms with Crippen molar-refractivity contribution in [1.29, 1.82) is 0 Å². The molecule has 1 amide bonds. The first-order valence-corrected chi connectivity index (χ1v) is 6.95. The zero-order valence-electron chi connectivity index (χ0n) is 12.8. The maximum absolute atomic E-state index is 12.3. The standard InChI is InChI=1S/C15H25N3O2/c1-5-18(9-10-20-6-2)14-11-12(16)7-8-13(14)15(19)17(3)4/h7-8,11H,5-6,9-10,16H2,1-4H3. The Hall–Kier alpha value is -1.75. The van der Waals surface area contributed by atoms with Crippen molar-refractivity contribution in [2.45, 2.75) is 13.8 Å². The minimum atomic E-state index is -0.0186. The fraction of sp³-hybridized carbons (Fsp3) is 0.533. The highest BCUT2D eigenvalue weighted by atomic mass is 16.5. The van der Waals surface area contributed by atoms with Gasteiger partial charge in [-0.05, 0) is 32.0 Å². The fourth-order valence-corrected chi connectivity index (χ4v) is 2.00. The van der Waals surface area contributed by atoms with Crippen LogP contribution in [0.3, 0.4) is 0 Å². The highest BCUT2D eigenvalue weighted by Gasteiger charge is 2.17. The third-order valence-electron chi connectivity index (χ3n) is 3.09. The summed E-state index contributed by atoms with van der Waals surface area (Å²) in [7, 11) is 3.50. The summed E-state index contributed by atoms with van der Waals surface area (Å²) in [6, 6.07) is 5.40. The summed E-state index contributed by atoms with van der Waals surface area (Å²) in [4.78, 5) is 15.9. The Morgan fingerprint density at radius 1 is 1.30 bits per heavy atom. The third kappa shape index (κ3) is 4.13. The van der Waals surface area contributed by atoms with E-state index >= 15 is 0 Å². The van der Waals surface area contributed by atoms with Gasteiger partial charge in [-0.3, -0.25) is 4.79 Å². The van der Waals surface area contributed by atoms with Gasteiger partial charge in [0.05, 0.1) is 17.9 Å². The van der Waals surface area contributed by atoms with Gasteiger partial charge in [0.2, 0.25) is 0 Å². The Morgan fingerprint density at radius 3 is 2.55 bits per heavy atom. The molecule has 0 aliphatic rings. The van der Waals surface area contributed by atoms with Crippen LogP contribution in [-0.4, -0.2) is 51.2 Å². The average Bonchev–Trinajstić information content (AvgIpc) is 2.43. The van der Waals surface area contributed by atoms with E-state index in [0.717, 1.165) is 18.8 Å². The quantitative estimate of drug-likeness (QED) is 0.611. The molecule has 0 saturated heterocycles. The lowest BCUT2D eigenvalue weighted by Gasteiger charge is -2.26. The number of carbonyl (C=O) groups is 1. The van der Waals surface area contributed by atoms with Crippen molar-refractivity contribution < 1.29 is 9.53 Å². The smallest absolute Gasteiger partial charge is 0.255 e. The Kier molecular flexibility index (Phi) is 6.31. The number of rotatable bonds is 7. The van der Waals surface area contributed by atoms with E-state index in [2.05, 4.69) is 11.8 Å². The molecule has 0 atom stereocenters. The lowest BCUT2D eigenvalue weighted by molar-refractivity contribution is 0.0828. The van der Waals surface area contributed by atoms with Crippen molar-refractivity contribution >= 4 is 17.3 Å². The van der Waals surface area contributed by atoms with Crippen LogP contribution in [0.1, 0.15) is 24.2 Å². The molecule has 0 spiro atoms. The number of ether oxygens (including phenoxy) is 1. The van der Waals surface area contributed by atoms with Crippen LogP contribution in [0.4, 0.5) is 11.4 Å². The van der Waals surface area contributed by atoms with Gasteiger partial charge in [-0.15, -0.1) is 0 Å². The molecular formula is C15H25N3O2. The van der Waals surface area contributed by atoms with E-state index in [4.69, 9.17) is 10.5 Å². The number of benzene rings is 1. The van der Waals surface area contributed by atoms with E-state index in [-0.39, 0.29) is 5.91 Å². The van der Waals surface area contributed by atoms with Gasteiger partial charge in [-0.25, -0.2) is 0 Å². The molecule has 5 nitrogen and oxygen atoms in total. The van der Waals surface area contributed by atoms with Crippen molar-refractivity contribution in [3.05, 3.63) is 23.8 Å². The summed E-state index contributed by atoms with van der Waals surface area (Å²) in [5.41, 5.74) is 8.06. The topological polar surface area (TPSA) is 58.8 Å². The Morgan fingerprint density at radius 2 is 2.00 bits per heavy atom. The molecule has 0 aliphatic carbocycles. The second kappa shape index (κ2) is 7.75. The van der Waals surface area contributed by atoms with Crippen LogP contribution in [0.5, 0.6) is 0 Å². The zero-order chi connectivity index (χ0) is 15.1. The summed E-state index contributed by atoms with van der Waals surface area (Å²) in [5.74, 6) is -0.0186. The number of hydrogen-bond donors (Lipinski definition) is 1. The predicted molar refractivity (Wildman–Crippen MR) is 83.3 cm³/mol. The Bertz CT molecular complexity index is 447. The third-order valence-corrected chi connectivity index (χ3v) is 3.09. The minimum Gasteiger partial charge on any atom is -0.399 e. The normalized spacial score (nSPS) is 10.4. The molecule has 5 heteroatoms. The molecule has 0 heterocycles. The maximum atomic E-state index is 12.3. The summed E-state index contributed by atoms with van der Waals surface area (Å²) >= 11 is 0. The number of anilines is 2. The van der Waals surface area contributed by atoms with Crippen molar-refractivity contribution in [3.8, 4) is 0 Å². The molecule has 0 bridgehead atoms. The van der Waals surface area contributed by atoms with Crippen LogP contribution in [-0.2, 0) is 4.74 Å². The number of nitrogens with two attached hydrogens (primary N) is 1. The summed E-state index contributed by atoms with van der Waals surface area (Å²) in [6.45, 7) is 6.88. The van der Waals surface area contributed by atoms with Gasteiger partial charge in [0.25, 0.3) is 5.91 Å². The van der Waals surface area contributed by atoms with Crippen LogP contribution in [0.15, 0.2) is 18.2 Å². The van der Waals surface area contributed by atoms with Gasteiger partial charge in [-0.2, -0.15) is 0 Å². The molecular weight excluding hydrogens is 254 g/mol. The molecule has 0 aromatic heterocycles. The lowest BCUT2D eigenvalue weighted by atomic mass is 10.1. The second-order valence-corrected chi connectivity index (χ2v) is 4.75. The number of hydrogen-bond acceptors (Lipinski definition) is 4. The van der Waals surface area contributed by atoms with Crippen LogP contribution >= 0.6 is 0 Å². The molecule has 0 saturated carbocycles. The van der Waals surface area contributed by atoms with Gasteiger partial charge < -0.3 is 20.3 Å². The predicted octanol–water partition coefficient (Wildman–Crippen LogP) is 1.83. The van der Waals surface area contributed by atoms with Gasteiger partial charge in [0.1, 0.15) is 0 Å². The van der Waals surface area contributed by atoms with E-state index in [1.165, 1.54) is 0 Å². The van der Waals surface area contributed by atoms with E-state index in [0.29, 0.717) is 24.5 Å². The van der Waals surface area contributed by atoms with Crippen LogP contribution in [0, 0.1) is 0 Å². The maximum Gasteiger partial charge on any atom is 0.255 e. The van der Waals surface area contributed by atoms with Crippen LogP contribution in [0.2, 0.25) is 0 Å². The molecule has 0 fully saturated rings. The summed E-state index contributed by atoms with van der Waals surface area (Å²) < 4.78 is 5.40. The van der Waals surface area contributed by atoms with Gasteiger partial charge >= 0.3 is 0 Å². The number of likely N-dealkylation sites (N-methyl/N-ethyl adjacent to an activating group) is 1. The van der Waals surface area contributed by atoms with Crippen molar-refractivity contribution in [2.75, 3.05) is 51.0 Å². The molecule has 112 valence electrons. The van der Waals surface area contributed by atoms with Crippen LogP contribution in [0.25, 0.3) is 0 Å². The van der Waals surface area contributed by atoms with E-state index in [1.54, 1.807) is 31.1 Å². The first-order chi connectivity index (χ1) is 9.51. The molecule has 0 aliphatic heterocycles. The van der Waals surface area contributed by atoms with Gasteiger partial charge in [0, 0.05) is 39.5 Å². The molecule has 0 radical (unpaired) electrons. The first-order valence-electron chi connectivity index (χ1n) is 6.95. The van der Waals surface area contributed by atoms with Crippen molar-refractivity contribution in [3.63, 3.8) is 0 Å². The Labute approximate surface area is 121 Å². The van der Waals surface area contributed by atoms with Gasteiger partial charge in [0.15, 0.2) is 0 Å². The van der Waals surface area contributed by atoms with E-state index in [9.17, 15) is 4.79 Å². The minimum absolute atomic E-state index is 0.0186. The first kappa shape index (κ1) is 16.3. The second-order valence-electron chi connectivity index (χ2n) is 4.75. The Balaban J connectivity index is 3.05. The zero-order valence-corrected chi connectivity index (χ0v) is 12.8. The molecule has 1 aromatic rings. The lowest BCUT2D eigenvalue weighted by Crippen LogP contribution is -2.31. The highest BCUT2D eigenvalue weighted by molar-refractivity contribution is 6.00. The fourth-order valence-electron chi connectivity index (χ4n) is 2.00. The average molecular weight is 279 g/mol. The molecule has 20 heavy (non-hydrogen) atoms. The monoisotopic (exact) mass is 279 g/mol. The number of amides is 1. The number of carbonyl (C=O) groups excluding carboxylic acids is 1. The summed E-state index contributed by atoms with van der Waals surface area (Å²) in [5, 5.41) is 0. The number of nitrogen functional groups attached to an aromatic ring is 1. The van der Waals surface area contributed by atoms with Crippen molar-refractivity contribution in [2.24, 2.45) is 0 Å². The van der Waals surface area contributed by atoms with Crippen LogP contribution < -0.4 is 10.6 Å². The van der Waals surface area contributed by atoms with Crippen molar-refractivity contribution in [1.82, 2.24) is 4.90 Å². The molecule has 1 aromatic carbocycles. The molecule has 0 unspecified atom stereocenters. The van der Waals surface area contributed by atoms with E-state index < -0.39 is 0 Å². The van der Waals surface area contributed by atoms with Gasteiger partial charge in [-0.1, -0.05) is 0 Å². The SMILES string of the molecule is CCOCCN(CC)c1cc(N)ccc1C(=O)N(C)C. The largest absolute Gasteiger partial charge is 0.399 e. The number of nitrogens with zero attached hydrogens (tertiary/aromatic N) is 2.